The maximum Gasteiger partial charge on any atom is 0.264 e. The molecule has 0 radical (unpaired) electrons. The summed E-state index contributed by atoms with van der Waals surface area (Å²) in [5.74, 6) is -0.117. The molecule has 0 aliphatic carbocycles. The molecule has 0 heterocycles. The number of carbonyl (C=O) groups excluding carboxylic acids is 2. The molecule has 0 aliphatic heterocycles. The molecule has 8 nitrogen and oxygen atoms in total. The highest BCUT2D eigenvalue weighted by atomic mass is 32.2. The summed E-state index contributed by atoms with van der Waals surface area (Å²) < 4.78 is 34.1. The van der Waals surface area contributed by atoms with Crippen molar-refractivity contribution in [2.24, 2.45) is 0 Å². The van der Waals surface area contributed by atoms with Crippen LogP contribution in [-0.4, -0.2) is 51.4 Å². The fraction of sp³-hybridized carbons (Fsp3) is 0.355. The van der Waals surface area contributed by atoms with Crippen molar-refractivity contribution >= 4 is 27.5 Å². The van der Waals surface area contributed by atoms with Crippen molar-refractivity contribution in [2.75, 3.05) is 24.5 Å². The molecule has 3 rings (SSSR count). The van der Waals surface area contributed by atoms with E-state index in [0.717, 1.165) is 33.8 Å². The summed E-state index contributed by atoms with van der Waals surface area (Å²) in [6, 6.07) is 19.9. The SMILES string of the molecule is CCCCNC(=O)[C@H](C)N(Cc1ccc(OC)cc1)C(=O)CN(c1cc(C)cc(C)c1)S(=O)(=O)c1ccccc1. The van der Waals surface area contributed by atoms with Crippen LogP contribution in [0.15, 0.2) is 77.7 Å². The number of nitrogens with one attached hydrogen (secondary N) is 1. The van der Waals surface area contributed by atoms with Crippen molar-refractivity contribution in [3.05, 3.63) is 89.5 Å². The number of anilines is 1. The fourth-order valence-corrected chi connectivity index (χ4v) is 5.81. The van der Waals surface area contributed by atoms with Gasteiger partial charge in [-0.1, -0.05) is 49.7 Å². The largest absolute Gasteiger partial charge is 0.497 e. The standard InChI is InChI=1S/C31H39N3O5S/c1-6-7-17-32-31(36)25(4)33(21-26-13-15-28(39-5)16-14-26)30(35)22-34(27-19-23(2)18-24(3)20-27)40(37,38)29-11-9-8-10-12-29/h8-16,18-20,25H,6-7,17,21-22H2,1-5H3,(H,32,36)/t25-/m0/s1. The maximum atomic E-state index is 14.0. The molecule has 0 aliphatic rings. The predicted octanol–water partition coefficient (Wildman–Crippen LogP) is 4.84. The van der Waals surface area contributed by atoms with Gasteiger partial charge >= 0.3 is 0 Å². The Morgan fingerprint density at radius 1 is 0.950 bits per heavy atom. The van der Waals surface area contributed by atoms with Gasteiger partial charge in [0, 0.05) is 13.1 Å². The fourth-order valence-electron chi connectivity index (χ4n) is 4.39. The van der Waals surface area contributed by atoms with E-state index in [-0.39, 0.29) is 17.3 Å². The van der Waals surface area contributed by atoms with Crippen molar-refractivity contribution in [3.63, 3.8) is 0 Å². The van der Waals surface area contributed by atoms with Crippen LogP contribution in [0, 0.1) is 13.8 Å². The van der Waals surface area contributed by atoms with Gasteiger partial charge < -0.3 is 15.0 Å². The molecule has 40 heavy (non-hydrogen) atoms. The number of unbranched alkanes of at least 4 members (excludes halogenated alkanes) is 1. The molecule has 9 heteroatoms. The minimum atomic E-state index is -4.09. The molecule has 3 aromatic rings. The van der Waals surface area contributed by atoms with Gasteiger partial charge in [-0.15, -0.1) is 0 Å². The zero-order valence-corrected chi connectivity index (χ0v) is 24.7. The molecule has 0 aromatic heterocycles. The molecular weight excluding hydrogens is 526 g/mol. The normalized spacial score (nSPS) is 11.9. The Labute approximate surface area is 238 Å². The molecule has 0 fully saturated rings. The summed E-state index contributed by atoms with van der Waals surface area (Å²) in [7, 11) is -2.52. The molecular formula is C31H39N3O5S. The second kappa shape index (κ2) is 14.0. The monoisotopic (exact) mass is 565 g/mol. The van der Waals surface area contributed by atoms with Crippen LogP contribution in [0.1, 0.15) is 43.4 Å². The number of hydrogen-bond acceptors (Lipinski definition) is 5. The summed E-state index contributed by atoms with van der Waals surface area (Å²) in [6.07, 6.45) is 1.74. The van der Waals surface area contributed by atoms with Crippen LogP contribution in [0.2, 0.25) is 0 Å². The number of sulfonamides is 1. The summed E-state index contributed by atoms with van der Waals surface area (Å²) in [5, 5.41) is 2.89. The number of carbonyl (C=O) groups is 2. The highest BCUT2D eigenvalue weighted by Crippen LogP contribution is 2.26. The average Bonchev–Trinajstić information content (AvgIpc) is 2.94. The lowest BCUT2D eigenvalue weighted by molar-refractivity contribution is -0.139. The van der Waals surface area contributed by atoms with Gasteiger partial charge in [0.05, 0.1) is 17.7 Å². The lowest BCUT2D eigenvalue weighted by atomic mass is 10.1. The molecule has 214 valence electrons. The first-order valence-electron chi connectivity index (χ1n) is 13.4. The van der Waals surface area contributed by atoms with Gasteiger partial charge in [0.25, 0.3) is 10.0 Å². The molecule has 2 amide bonds. The Kier molecular flexibility index (Phi) is 10.7. The van der Waals surface area contributed by atoms with Gasteiger partial charge in [0.2, 0.25) is 11.8 Å². The van der Waals surface area contributed by atoms with Gasteiger partial charge in [-0.2, -0.15) is 0 Å². The lowest BCUT2D eigenvalue weighted by Gasteiger charge is -2.32. The average molecular weight is 566 g/mol. The zero-order valence-electron chi connectivity index (χ0n) is 23.9. The highest BCUT2D eigenvalue weighted by Gasteiger charge is 2.32. The van der Waals surface area contributed by atoms with Crippen LogP contribution in [-0.2, 0) is 26.2 Å². The van der Waals surface area contributed by atoms with Crippen molar-refractivity contribution in [3.8, 4) is 5.75 Å². The quantitative estimate of drug-likeness (QED) is 0.299. The van der Waals surface area contributed by atoms with E-state index in [0.29, 0.717) is 18.0 Å². The first kappa shape index (κ1) is 30.7. The van der Waals surface area contributed by atoms with Crippen molar-refractivity contribution in [2.45, 2.75) is 58.0 Å². The van der Waals surface area contributed by atoms with E-state index < -0.39 is 28.5 Å². The number of aryl methyl sites for hydroxylation is 2. The van der Waals surface area contributed by atoms with Crippen LogP contribution < -0.4 is 14.4 Å². The minimum absolute atomic E-state index is 0.0778. The van der Waals surface area contributed by atoms with E-state index in [2.05, 4.69) is 5.32 Å². The molecule has 0 spiro atoms. The summed E-state index contributed by atoms with van der Waals surface area (Å²) in [6.45, 7) is 7.61. The summed E-state index contributed by atoms with van der Waals surface area (Å²) in [4.78, 5) is 28.6. The number of methoxy groups -OCH3 is 1. The van der Waals surface area contributed by atoms with Crippen LogP contribution >= 0.6 is 0 Å². The molecule has 3 aromatic carbocycles. The topological polar surface area (TPSA) is 96.0 Å². The van der Waals surface area contributed by atoms with Gasteiger partial charge in [-0.05, 0) is 80.3 Å². The maximum absolute atomic E-state index is 14.0. The third-order valence-corrected chi connectivity index (χ3v) is 8.40. The van der Waals surface area contributed by atoms with Gasteiger partial charge in [0.1, 0.15) is 18.3 Å². The summed E-state index contributed by atoms with van der Waals surface area (Å²) in [5.41, 5.74) is 2.91. The van der Waals surface area contributed by atoms with E-state index in [1.165, 1.54) is 17.0 Å². The van der Waals surface area contributed by atoms with Crippen LogP contribution in [0.4, 0.5) is 5.69 Å². The molecule has 0 unspecified atom stereocenters. The van der Waals surface area contributed by atoms with Gasteiger partial charge in [0.15, 0.2) is 0 Å². The van der Waals surface area contributed by atoms with Crippen molar-refractivity contribution < 1.29 is 22.7 Å². The van der Waals surface area contributed by atoms with E-state index in [1.54, 1.807) is 56.5 Å². The Morgan fingerprint density at radius 2 is 1.57 bits per heavy atom. The second-order valence-corrected chi connectivity index (χ2v) is 11.7. The van der Waals surface area contributed by atoms with Crippen LogP contribution in [0.25, 0.3) is 0 Å². The Morgan fingerprint density at radius 3 is 2.15 bits per heavy atom. The number of benzene rings is 3. The first-order chi connectivity index (χ1) is 19.1. The molecule has 1 N–H and O–H groups in total. The molecule has 0 saturated carbocycles. The van der Waals surface area contributed by atoms with Gasteiger partial charge in [-0.3, -0.25) is 13.9 Å². The smallest absolute Gasteiger partial charge is 0.264 e. The number of ether oxygens (including phenoxy) is 1. The van der Waals surface area contributed by atoms with E-state index in [1.807, 2.05) is 39.0 Å². The number of rotatable bonds is 13. The van der Waals surface area contributed by atoms with Crippen molar-refractivity contribution in [1.29, 1.82) is 0 Å². The Hall–Kier alpha value is -3.85. The van der Waals surface area contributed by atoms with Gasteiger partial charge in [-0.25, -0.2) is 8.42 Å². The Bertz CT molecular complexity index is 1370. The lowest BCUT2D eigenvalue weighted by Crippen LogP contribution is -2.51. The first-order valence-corrected chi connectivity index (χ1v) is 14.9. The number of nitrogens with zero attached hydrogens (tertiary/aromatic N) is 2. The van der Waals surface area contributed by atoms with Crippen LogP contribution in [0.5, 0.6) is 5.75 Å². The minimum Gasteiger partial charge on any atom is -0.497 e. The highest BCUT2D eigenvalue weighted by molar-refractivity contribution is 7.92. The van der Waals surface area contributed by atoms with Crippen molar-refractivity contribution in [1.82, 2.24) is 10.2 Å². The number of hydrogen-bond donors (Lipinski definition) is 1. The Balaban J connectivity index is 2.01. The van der Waals surface area contributed by atoms with Crippen LogP contribution in [0.3, 0.4) is 0 Å². The van der Waals surface area contributed by atoms with E-state index >= 15 is 0 Å². The summed E-state index contributed by atoms with van der Waals surface area (Å²) >= 11 is 0. The predicted molar refractivity (Wildman–Crippen MR) is 158 cm³/mol. The third-order valence-electron chi connectivity index (χ3n) is 6.61. The molecule has 1 atom stereocenters. The third kappa shape index (κ3) is 7.85. The van der Waals surface area contributed by atoms with E-state index in [4.69, 9.17) is 4.74 Å². The number of amides is 2. The molecule has 0 saturated heterocycles. The second-order valence-electron chi connectivity index (χ2n) is 9.86. The zero-order chi connectivity index (χ0) is 29.3. The molecule has 0 bridgehead atoms. The van der Waals surface area contributed by atoms with E-state index in [9.17, 15) is 18.0 Å².